The van der Waals surface area contributed by atoms with Crippen LogP contribution in [0, 0.1) is 12.8 Å². The maximum Gasteiger partial charge on any atom is 0.251 e. The monoisotopic (exact) mass is 422 g/mol. The Morgan fingerprint density at radius 3 is 2.67 bits per heavy atom. The molecular weight excluding hydrogens is 392 g/mol. The molecule has 158 valence electrons. The molecule has 3 aromatic rings. The lowest BCUT2D eigenvalue weighted by Crippen LogP contribution is -2.41. The second-order valence-corrected chi connectivity index (χ2v) is 9.41. The van der Waals surface area contributed by atoms with Crippen molar-refractivity contribution in [1.29, 1.82) is 0 Å². The molecule has 0 spiro atoms. The van der Waals surface area contributed by atoms with Crippen molar-refractivity contribution >= 4 is 33.3 Å². The molecule has 2 atom stereocenters. The standard InChI is InChI=1S/C24H30N4OS/c1-4-19-13-20-22(26-16(3)27-24(20)30-19)25-14-17-9-11-18(12-10-17)23(29)28-21-8-6-5-7-15(21)2/h9-13,15,21H,4-8,14H2,1-3H3,(H,28,29)(H,25,26,27). The van der Waals surface area contributed by atoms with Gasteiger partial charge in [0.25, 0.3) is 5.91 Å². The molecule has 1 aliphatic rings. The third-order valence-corrected chi connectivity index (χ3v) is 7.18. The predicted molar refractivity (Wildman–Crippen MR) is 124 cm³/mol. The molecular formula is C24H30N4OS. The molecule has 1 saturated carbocycles. The number of carbonyl (C=O) groups is 1. The van der Waals surface area contributed by atoms with Crippen LogP contribution in [-0.2, 0) is 13.0 Å². The number of aromatic nitrogens is 2. The number of benzene rings is 1. The molecule has 2 heterocycles. The highest BCUT2D eigenvalue weighted by molar-refractivity contribution is 7.18. The van der Waals surface area contributed by atoms with Gasteiger partial charge in [-0.25, -0.2) is 9.97 Å². The van der Waals surface area contributed by atoms with Crippen molar-refractivity contribution in [1.82, 2.24) is 15.3 Å². The maximum atomic E-state index is 12.6. The average molecular weight is 423 g/mol. The Morgan fingerprint density at radius 2 is 1.93 bits per heavy atom. The van der Waals surface area contributed by atoms with Gasteiger partial charge in [0.2, 0.25) is 0 Å². The van der Waals surface area contributed by atoms with Crippen LogP contribution in [0.4, 0.5) is 5.82 Å². The van der Waals surface area contributed by atoms with Gasteiger partial charge in [0.1, 0.15) is 16.5 Å². The summed E-state index contributed by atoms with van der Waals surface area (Å²) in [6.07, 6.45) is 5.78. The van der Waals surface area contributed by atoms with E-state index in [2.05, 4.69) is 40.5 Å². The molecule has 0 saturated heterocycles. The van der Waals surface area contributed by atoms with Crippen LogP contribution >= 0.6 is 11.3 Å². The van der Waals surface area contributed by atoms with E-state index in [-0.39, 0.29) is 5.91 Å². The topological polar surface area (TPSA) is 66.9 Å². The molecule has 1 amide bonds. The molecule has 2 unspecified atom stereocenters. The molecule has 1 aliphatic carbocycles. The van der Waals surface area contributed by atoms with Crippen molar-refractivity contribution in [2.45, 2.75) is 65.5 Å². The van der Waals surface area contributed by atoms with Crippen molar-refractivity contribution in [2.75, 3.05) is 5.32 Å². The third-order valence-electron chi connectivity index (χ3n) is 6.01. The Kier molecular flexibility index (Phi) is 6.32. The number of nitrogens with one attached hydrogen (secondary N) is 2. The zero-order chi connectivity index (χ0) is 21.1. The number of fused-ring (bicyclic) bond motifs is 1. The normalized spacial score (nSPS) is 19.0. The smallest absolute Gasteiger partial charge is 0.251 e. The molecule has 5 nitrogen and oxygen atoms in total. The highest BCUT2D eigenvalue weighted by atomic mass is 32.1. The first-order valence-corrected chi connectivity index (χ1v) is 11.8. The summed E-state index contributed by atoms with van der Waals surface area (Å²) in [6.45, 7) is 6.98. The summed E-state index contributed by atoms with van der Waals surface area (Å²) in [5, 5.41) is 7.77. The van der Waals surface area contributed by atoms with Crippen molar-refractivity contribution in [3.63, 3.8) is 0 Å². The quantitative estimate of drug-likeness (QED) is 0.552. The number of anilines is 1. The minimum Gasteiger partial charge on any atom is -0.365 e. The summed E-state index contributed by atoms with van der Waals surface area (Å²) in [4.78, 5) is 24.1. The van der Waals surface area contributed by atoms with Crippen molar-refractivity contribution in [2.24, 2.45) is 5.92 Å². The number of aryl methyl sites for hydroxylation is 2. The Bertz CT molecular complexity index is 1030. The van der Waals surface area contributed by atoms with Gasteiger partial charge in [0.15, 0.2) is 0 Å². The minimum absolute atomic E-state index is 0.0340. The average Bonchev–Trinajstić information content (AvgIpc) is 3.17. The zero-order valence-corrected chi connectivity index (χ0v) is 18.8. The molecule has 0 radical (unpaired) electrons. The molecule has 30 heavy (non-hydrogen) atoms. The van der Waals surface area contributed by atoms with E-state index >= 15 is 0 Å². The van der Waals surface area contributed by atoms with E-state index in [4.69, 9.17) is 0 Å². The van der Waals surface area contributed by atoms with Crippen molar-refractivity contribution in [3.8, 4) is 0 Å². The fourth-order valence-corrected chi connectivity index (χ4v) is 5.14. The van der Waals surface area contributed by atoms with Crippen LogP contribution in [-0.4, -0.2) is 21.9 Å². The Labute approximate surface area is 182 Å². The largest absolute Gasteiger partial charge is 0.365 e. The molecule has 2 N–H and O–H groups in total. The van der Waals surface area contributed by atoms with Gasteiger partial charge in [-0.3, -0.25) is 4.79 Å². The first-order valence-electron chi connectivity index (χ1n) is 10.9. The van der Waals surface area contributed by atoms with Gasteiger partial charge in [-0.2, -0.15) is 0 Å². The minimum atomic E-state index is 0.0340. The summed E-state index contributed by atoms with van der Waals surface area (Å²) in [5.41, 5.74) is 1.84. The second kappa shape index (κ2) is 9.13. The van der Waals surface area contributed by atoms with Gasteiger partial charge in [-0.05, 0) is 55.9 Å². The van der Waals surface area contributed by atoms with E-state index in [9.17, 15) is 4.79 Å². The Morgan fingerprint density at radius 1 is 1.17 bits per heavy atom. The lowest BCUT2D eigenvalue weighted by Gasteiger charge is -2.29. The molecule has 0 aliphatic heterocycles. The van der Waals surface area contributed by atoms with Gasteiger partial charge >= 0.3 is 0 Å². The van der Waals surface area contributed by atoms with Gasteiger partial charge in [0, 0.05) is 23.0 Å². The van der Waals surface area contributed by atoms with E-state index in [0.717, 1.165) is 45.8 Å². The number of amides is 1. The molecule has 1 fully saturated rings. The number of carbonyl (C=O) groups excluding carboxylic acids is 1. The van der Waals surface area contributed by atoms with Crippen LogP contribution in [0.3, 0.4) is 0 Å². The maximum absolute atomic E-state index is 12.6. The summed E-state index contributed by atoms with van der Waals surface area (Å²) in [6, 6.07) is 10.3. The van der Waals surface area contributed by atoms with Crippen LogP contribution in [0.5, 0.6) is 0 Å². The van der Waals surface area contributed by atoms with E-state index in [1.54, 1.807) is 11.3 Å². The van der Waals surface area contributed by atoms with Crippen LogP contribution in [0.25, 0.3) is 10.2 Å². The second-order valence-electron chi connectivity index (χ2n) is 8.30. The van der Waals surface area contributed by atoms with E-state index in [1.807, 2.05) is 31.2 Å². The number of hydrogen-bond acceptors (Lipinski definition) is 5. The molecule has 1 aromatic carbocycles. The fraction of sp³-hybridized carbons (Fsp3) is 0.458. The SMILES string of the molecule is CCc1cc2c(NCc3ccc(C(=O)NC4CCCCC4C)cc3)nc(C)nc2s1. The number of hydrogen-bond donors (Lipinski definition) is 2. The van der Waals surface area contributed by atoms with Gasteiger partial charge in [-0.1, -0.05) is 38.8 Å². The van der Waals surface area contributed by atoms with Gasteiger partial charge < -0.3 is 10.6 Å². The number of rotatable bonds is 6. The summed E-state index contributed by atoms with van der Waals surface area (Å²) in [5.74, 6) is 2.25. The summed E-state index contributed by atoms with van der Waals surface area (Å²) < 4.78 is 0. The number of nitrogens with zero attached hydrogens (tertiary/aromatic N) is 2. The van der Waals surface area contributed by atoms with Crippen molar-refractivity contribution < 1.29 is 4.79 Å². The number of thiophene rings is 1. The van der Waals surface area contributed by atoms with E-state index in [1.165, 1.54) is 24.1 Å². The first-order chi connectivity index (χ1) is 14.5. The van der Waals surface area contributed by atoms with Crippen molar-refractivity contribution in [3.05, 3.63) is 52.2 Å². The van der Waals surface area contributed by atoms with Gasteiger partial charge in [-0.15, -0.1) is 11.3 Å². The predicted octanol–water partition coefficient (Wildman–Crippen LogP) is 5.48. The Hall–Kier alpha value is -2.47. The first kappa shape index (κ1) is 20.8. The van der Waals surface area contributed by atoms with Crippen LogP contribution in [0.15, 0.2) is 30.3 Å². The summed E-state index contributed by atoms with van der Waals surface area (Å²) in [7, 11) is 0. The summed E-state index contributed by atoms with van der Waals surface area (Å²) >= 11 is 1.73. The zero-order valence-electron chi connectivity index (χ0n) is 18.0. The molecule has 4 rings (SSSR count). The molecule has 6 heteroatoms. The highest BCUT2D eigenvalue weighted by Gasteiger charge is 2.23. The highest BCUT2D eigenvalue weighted by Crippen LogP contribution is 2.29. The lowest BCUT2D eigenvalue weighted by atomic mass is 9.86. The van der Waals surface area contributed by atoms with Gasteiger partial charge in [0.05, 0.1) is 5.39 Å². The molecule has 0 bridgehead atoms. The van der Waals surface area contributed by atoms with E-state index < -0.39 is 0 Å². The third kappa shape index (κ3) is 4.64. The molecule has 2 aromatic heterocycles. The van der Waals surface area contributed by atoms with Crippen LogP contribution in [0.2, 0.25) is 0 Å². The van der Waals surface area contributed by atoms with Crippen LogP contribution in [0.1, 0.15) is 66.2 Å². The fourth-order valence-electron chi connectivity index (χ4n) is 4.13. The Balaban J connectivity index is 1.41. The van der Waals surface area contributed by atoms with Crippen LogP contribution < -0.4 is 10.6 Å². The lowest BCUT2D eigenvalue weighted by molar-refractivity contribution is 0.0910. The van der Waals surface area contributed by atoms with E-state index in [0.29, 0.717) is 18.5 Å².